The maximum atomic E-state index is 5.03. The molecule has 3 rings (SSSR count). The third-order valence-electron chi connectivity index (χ3n) is 3.59. The minimum Gasteiger partial charge on any atom is -0.480 e. The summed E-state index contributed by atoms with van der Waals surface area (Å²) in [4.78, 5) is 9.39. The molecule has 6 heteroatoms. The average molecular weight is 285 g/mol. The molecule has 1 aliphatic rings. The first-order chi connectivity index (χ1) is 10.2. The molecule has 6 nitrogen and oxygen atoms in total. The van der Waals surface area contributed by atoms with Gasteiger partial charge in [0.15, 0.2) is 5.82 Å². The Kier molecular flexibility index (Phi) is 3.79. The van der Waals surface area contributed by atoms with Crippen LogP contribution in [0, 0.1) is 0 Å². The molecule has 21 heavy (non-hydrogen) atoms. The van der Waals surface area contributed by atoms with Crippen molar-refractivity contribution in [1.82, 2.24) is 25.5 Å². The van der Waals surface area contributed by atoms with Gasteiger partial charge in [-0.3, -0.25) is 0 Å². The SMILES string of the molecule is COc1ccc(-c2nc3c(c(C(C)C)n2)CCNC3)nn1. The molecule has 1 N–H and O–H groups in total. The van der Waals surface area contributed by atoms with E-state index in [9.17, 15) is 0 Å². The van der Waals surface area contributed by atoms with Gasteiger partial charge < -0.3 is 10.1 Å². The predicted octanol–water partition coefficient (Wildman–Crippen LogP) is 1.71. The van der Waals surface area contributed by atoms with E-state index in [0.29, 0.717) is 23.3 Å². The molecular formula is C15H19N5O. The third kappa shape index (κ3) is 2.71. The lowest BCUT2D eigenvalue weighted by molar-refractivity contribution is 0.392. The van der Waals surface area contributed by atoms with Crippen LogP contribution in [-0.2, 0) is 13.0 Å². The first-order valence-corrected chi connectivity index (χ1v) is 7.17. The average Bonchev–Trinajstić information content (AvgIpc) is 2.53. The van der Waals surface area contributed by atoms with E-state index in [2.05, 4.69) is 34.3 Å². The summed E-state index contributed by atoms with van der Waals surface area (Å²) in [5, 5.41) is 11.5. The number of ether oxygens (including phenoxy) is 1. The summed E-state index contributed by atoms with van der Waals surface area (Å²) in [6, 6.07) is 3.62. The maximum absolute atomic E-state index is 5.03. The summed E-state index contributed by atoms with van der Waals surface area (Å²) >= 11 is 0. The molecule has 1 aliphatic heterocycles. The Morgan fingerprint density at radius 1 is 1.19 bits per heavy atom. The molecule has 0 radical (unpaired) electrons. The lowest BCUT2D eigenvalue weighted by Crippen LogP contribution is -2.27. The van der Waals surface area contributed by atoms with E-state index in [0.717, 1.165) is 30.9 Å². The first-order valence-electron chi connectivity index (χ1n) is 7.17. The van der Waals surface area contributed by atoms with Gasteiger partial charge in [0.2, 0.25) is 5.88 Å². The van der Waals surface area contributed by atoms with Crippen LogP contribution in [0.2, 0.25) is 0 Å². The van der Waals surface area contributed by atoms with E-state index in [1.807, 2.05) is 6.07 Å². The zero-order chi connectivity index (χ0) is 14.8. The Hall–Kier alpha value is -2.08. The normalized spacial score (nSPS) is 14.1. The van der Waals surface area contributed by atoms with Gasteiger partial charge in [0.05, 0.1) is 18.5 Å². The van der Waals surface area contributed by atoms with Gasteiger partial charge >= 0.3 is 0 Å². The highest BCUT2D eigenvalue weighted by Gasteiger charge is 2.20. The number of methoxy groups -OCH3 is 1. The monoisotopic (exact) mass is 285 g/mol. The Morgan fingerprint density at radius 3 is 2.71 bits per heavy atom. The molecule has 0 fully saturated rings. The zero-order valence-corrected chi connectivity index (χ0v) is 12.6. The zero-order valence-electron chi connectivity index (χ0n) is 12.6. The number of aromatic nitrogens is 4. The first kappa shape index (κ1) is 13.9. The number of fused-ring (bicyclic) bond motifs is 1. The minimum absolute atomic E-state index is 0.366. The van der Waals surface area contributed by atoms with Crippen molar-refractivity contribution in [2.24, 2.45) is 0 Å². The van der Waals surface area contributed by atoms with Gasteiger partial charge in [-0.05, 0) is 30.5 Å². The lowest BCUT2D eigenvalue weighted by Gasteiger charge is -2.21. The highest BCUT2D eigenvalue weighted by molar-refractivity contribution is 5.51. The second-order valence-corrected chi connectivity index (χ2v) is 5.40. The second-order valence-electron chi connectivity index (χ2n) is 5.40. The van der Waals surface area contributed by atoms with Crippen molar-refractivity contribution in [2.45, 2.75) is 32.7 Å². The summed E-state index contributed by atoms with van der Waals surface area (Å²) in [6.07, 6.45) is 0.984. The van der Waals surface area contributed by atoms with Gasteiger partial charge in [-0.2, -0.15) is 0 Å². The number of nitrogens with zero attached hydrogens (tertiary/aromatic N) is 4. The van der Waals surface area contributed by atoms with Crippen LogP contribution in [0.25, 0.3) is 11.5 Å². The molecule has 0 amide bonds. The van der Waals surface area contributed by atoms with Gasteiger partial charge in [-0.15, -0.1) is 10.2 Å². The lowest BCUT2D eigenvalue weighted by atomic mass is 9.97. The van der Waals surface area contributed by atoms with Crippen LogP contribution < -0.4 is 10.1 Å². The van der Waals surface area contributed by atoms with Crippen molar-refractivity contribution in [3.05, 3.63) is 29.1 Å². The summed E-state index contributed by atoms with van der Waals surface area (Å²) in [5.74, 6) is 1.49. The molecule has 0 saturated heterocycles. The fourth-order valence-electron chi connectivity index (χ4n) is 2.53. The third-order valence-corrected chi connectivity index (χ3v) is 3.59. The van der Waals surface area contributed by atoms with E-state index in [4.69, 9.17) is 9.72 Å². The van der Waals surface area contributed by atoms with E-state index >= 15 is 0 Å². The standard InChI is InChI=1S/C15H19N5O/c1-9(2)14-10-6-7-16-8-12(10)17-15(18-14)11-4-5-13(21-3)20-19-11/h4-5,9,16H,6-8H2,1-3H3. The van der Waals surface area contributed by atoms with Crippen molar-refractivity contribution in [3.8, 4) is 17.4 Å². The Morgan fingerprint density at radius 2 is 2.05 bits per heavy atom. The Bertz CT molecular complexity index is 639. The van der Waals surface area contributed by atoms with Crippen molar-refractivity contribution in [1.29, 1.82) is 0 Å². The van der Waals surface area contributed by atoms with E-state index in [1.54, 1.807) is 13.2 Å². The summed E-state index contributed by atoms with van der Waals surface area (Å²) in [5.41, 5.74) is 4.15. The van der Waals surface area contributed by atoms with Gasteiger partial charge in [0.1, 0.15) is 5.69 Å². The van der Waals surface area contributed by atoms with Crippen LogP contribution in [0.1, 0.15) is 36.7 Å². The van der Waals surface area contributed by atoms with E-state index in [1.165, 1.54) is 5.56 Å². The van der Waals surface area contributed by atoms with Crippen LogP contribution in [-0.4, -0.2) is 33.8 Å². The van der Waals surface area contributed by atoms with Crippen molar-refractivity contribution < 1.29 is 4.74 Å². The summed E-state index contributed by atoms with van der Waals surface area (Å²) in [7, 11) is 1.57. The molecule has 0 aromatic carbocycles. The molecule has 0 aliphatic carbocycles. The van der Waals surface area contributed by atoms with Gasteiger partial charge in [-0.1, -0.05) is 13.8 Å². The van der Waals surface area contributed by atoms with Gasteiger partial charge in [-0.25, -0.2) is 9.97 Å². The topological polar surface area (TPSA) is 72.8 Å². The van der Waals surface area contributed by atoms with Crippen molar-refractivity contribution in [3.63, 3.8) is 0 Å². The quantitative estimate of drug-likeness (QED) is 0.925. The second kappa shape index (κ2) is 5.73. The minimum atomic E-state index is 0.366. The molecule has 0 spiro atoms. The largest absolute Gasteiger partial charge is 0.480 e. The predicted molar refractivity (Wildman–Crippen MR) is 79.1 cm³/mol. The fraction of sp³-hybridized carbons (Fsp3) is 0.467. The van der Waals surface area contributed by atoms with E-state index < -0.39 is 0 Å². The van der Waals surface area contributed by atoms with Gasteiger partial charge in [0, 0.05) is 12.6 Å². The van der Waals surface area contributed by atoms with Crippen LogP contribution in [0.15, 0.2) is 12.1 Å². The molecule has 0 saturated carbocycles. The molecule has 0 unspecified atom stereocenters. The Labute approximate surface area is 124 Å². The molecular weight excluding hydrogens is 266 g/mol. The highest BCUT2D eigenvalue weighted by Crippen LogP contribution is 2.25. The smallest absolute Gasteiger partial charge is 0.233 e. The molecule has 110 valence electrons. The molecule has 3 heterocycles. The molecule has 2 aromatic rings. The number of nitrogens with one attached hydrogen (secondary N) is 1. The highest BCUT2D eigenvalue weighted by atomic mass is 16.5. The van der Waals surface area contributed by atoms with E-state index in [-0.39, 0.29) is 0 Å². The molecule has 0 atom stereocenters. The Balaban J connectivity index is 2.07. The van der Waals surface area contributed by atoms with Crippen LogP contribution in [0.4, 0.5) is 0 Å². The maximum Gasteiger partial charge on any atom is 0.233 e. The van der Waals surface area contributed by atoms with Gasteiger partial charge in [0.25, 0.3) is 0 Å². The van der Waals surface area contributed by atoms with Crippen LogP contribution >= 0.6 is 0 Å². The number of rotatable bonds is 3. The molecule has 2 aromatic heterocycles. The molecule has 0 bridgehead atoms. The van der Waals surface area contributed by atoms with Crippen molar-refractivity contribution in [2.75, 3.05) is 13.7 Å². The number of hydrogen-bond acceptors (Lipinski definition) is 6. The summed E-state index contributed by atoms with van der Waals surface area (Å²) < 4.78 is 5.03. The van der Waals surface area contributed by atoms with Crippen LogP contribution in [0.3, 0.4) is 0 Å². The van der Waals surface area contributed by atoms with Crippen LogP contribution in [0.5, 0.6) is 5.88 Å². The summed E-state index contributed by atoms with van der Waals surface area (Å²) in [6.45, 7) is 6.09. The number of hydrogen-bond donors (Lipinski definition) is 1. The van der Waals surface area contributed by atoms with Crippen molar-refractivity contribution >= 4 is 0 Å². The fourth-order valence-corrected chi connectivity index (χ4v) is 2.53.